The molecule has 0 saturated carbocycles. The Morgan fingerprint density at radius 1 is 0.962 bits per heavy atom. The Kier molecular flexibility index (Phi) is 4.63. The van der Waals surface area contributed by atoms with Gasteiger partial charge in [-0.2, -0.15) is 0 Å². The zero-order valence-corrected chi connectivity index (χ0v) is 15.3. The van der Waals surface area contributed by atoms with Crippen LogP contribution in [-0.4, -0.2) is 74.3 Å². The molecule has 2 aliphatic rings. The van der Waals surface area contributed by atoms with Crippen molar-refractivity contribution in [2.24, 2.45) is 0 Å². The molecule has 0 N–H and O–H groups in total. The average Bonchev–Trinajstić information content (AvgIpc) is 2.62. The van der Waals surface area contributed by atoms with E-state index >= 15 is 0 Å². The molecule has 2 aliphatic heterocycles. The van der Waals surface area contributed by atoms with Crippen LogP contribution in [0.4, 0.5) is 21.7 Å². The zero-order chi connectivity index (χ0) is 18.1. The number of halogens is 1. The lowest BCUT2D eigenvalue weighted by Crippen LogP contribution is -2.63. The maximum atomic E-state index is 13.1. The van der Waals surface area contributed by atoms with Crippen molar-refractivity contribution in [3.8, 4) is 0 Å². The van der Waals surface area contributed by atoms with Crippen LogP contribution in [0.5, 0.6) is 0 Å². The van der Waals surface area contributed by atoms with Crippen LogP contribution in [-0.2, 0) is 0 Å². The molecule has 2 aromatic rings. The van der Waals surface area contributed by atoms with Gasteiger partial charge in [-0.3, -0.25) is 4.90 Å². The molecule has 0 unspecified atom stereocenters. The van der Waals surface area contributed by atoms with Crippen molar-refractivity contribution in [3.63, 3.8) is 0 Å². The van der Waals surface area contributed by atoms with Gasteiger partial charge in [-0.05, 0) is 24.3 Å². The largest absolute Gasteiger partial charge is 0.369 e. The van der Waals surface area contributed by atoms with Crippen molar-refractivity contribution in [3.05, 3.63) is 42.5 Å². The van der Waals surface area contributed by atoms with E-state index in [1.54, 1.807) is 6.33 Å². The van der Waals surface area contributed by atoms with E-state index in [9.17, 15) is 4.39 Å². The molecule has 2 fully saturated rings. The fraction of sp³-hybridized carbons (Fsp3) is 0.474. The second-order valence-corrected chi connectivity index (χ2v) is 7.19. The molecule has 1 aromatic carbocycles. The molecule has 2 saturated heterocycles. The van der Waals surface area contributed by atoms with Crippen LogP contribution in [0.15, 0.2) is 36.7 Å². The van der Waals surface area contributed by atoms with E-state index in [2.05, 4.69) is 24.7 Å². The number of nitrogens with zero attached hydrogens (tertiary/aromatic N) is 6. The molecule has 138 valence electrons. The Balaban J connectivity index is 1.29. The lowest BCUT2D eigenvalue weighted by Gasteiger charge is -2.49. The summed E-state index contributed by atoms with van der Waals surface area (Å²) in [4.78, 5) is 17.9. The van der Waals surface area contributed by atoms with E-state index in [1.165, 1.54) is 12.1 Å². The molecule has 6 nitrogen and oxygen atoms in total. The van der Waals surface area contributed by atoms with Crippen molar-refractivity contribution in [2.75, 3.05) is 68.1 Å². The third-order valence-corrected chi connectivity index (χ3v) is 5.31. The Morgan fingerprint density at radius 3 is 2.31 bits per heavy atom. The third kappa shape index (κ3) is 3.44. The monoisotopic (exact) mass is 356 g/mol. The summed E-state index contributed by atoms with van der Waals surface area (Å²) >= 11 is 0. The fourth-order valence-corrected chi connectivity index (χ4v) is 3.63. The first-order valence-corrected chi connectivity index (χ1v) is 9.09. The van der Waals surface area contributed by atoms with E-state index < -0.39 is 0 Å². The molecule has 1 aromatic heterocycles. The van der Waals surface area contributed by atoms with Crippen molar-refractivity contribution in [1.82, 2.24) is 14.9 Å². The van der Waals surface area contributed by atoms with Crippen molar-refractivity contribution >= 4 is 17.3 Å². The Hall–Kier alpha value is -2.41. The molecule has 0 radical (unpaired) electrons. The number of benzene rings is 1. The number of piperazine rings is 1. The maximum Gasteiger partial charge on any atom is 0.134 e. The molecule has 7 heteroatoms. The van der Waals surface area contributed by atoms with Crippen molar-refractivity contribution in [2.45, 2.75) is 6.04 Å². The SMILES string of the molecule is CN(C)c1cc(N2CC(N3CCN(c4ccc(F)cc4)CC3)C2)ncn1. The first kappa shape index (κ1) is 17.0. The van der Waals surface area contributed by atoms with Gasteiger partial charge in [0.05, 0.1) is 0 Å². The molecular weight excluding hydrogens is 331 g/mol. The van der Waals surface area contributed by atoms with E-state index in [0.717, 1.165) is 56.6 Å². The van der Waals surface area contributed by atoms with E-state index in [1.807, 2.05) is 37.2 Å². The predicted octanol–water partition coefficient (Wildman–Crippen LogP) is 1.69. The van der Waals surface area contributed by atoms with Crippen LogP contribution in [0, 0.1) is 5.82 Å². The lowest BCUT2D eigenvalue weighted by atomic mass is 10.1. The molecule has 4 rings (SSSR count). The highest BCUT2D eigenvalue weighted by Gasteiger charge is 2.34. The highest BCUT2D eigenvalue weighted by Crippen LogP contribution is 2.25. The van der Waals surface area contributed by atoms with Crippen LogP contribution >= 0.6 is 0 Å². The van der Waals surface area contributed by atoms with Gasteiger partial charge in [0.25, 0.3) is 0 Å². The Labute approximate surface area is 153 Å². The van der Waals surface area contributed by atoms with Crippen LogP contribution in [0.1, 0.15) is 0 Å². The van der Waals surface area contributed by atoms with Gasteiger partial charge in [-0.15, -0.1) is 0 Å². The van der Waals surface area contributed by atoms with E-state index in [0.29, 0.717) is 6.04 Å². The summed E-state index contributed by atoms with van der Waals surface area (Å²) in [5.41, 5.74) is 1.11. The minimum absolute atomic E-state index is 0.177. The van der Waals surface area contributed by atoms with Gasteiger partial charge in [0.15, 0.2) is 0 Å². The van der Waals surface area contributed by atoms with Gasteiger partial charge in [-0.25, -0.2) is 14.4 Å². The fourth-order valence-electron chi connectivity index (χ4n) is 3.63. The van der Waals surface area contributed by atoms with Gasteiger partial charge in [-0.1, -0.05) is 0 Å². The number of hydrogen-bond donors (Lipinski definition) is 0. The van der Waals surface area contributed by atoms with E-state index in [4.69, 9.17) is 0 Å². The lowest BCUT2D eigenvalue weighted by molar-refractivity contribution is 0.157. The molecule has 0 bridgehead atoms. The normalized spacial score (nSPS) is 18.7. The minimum atomic E-state index is -0.177. The molecule has 0 atom stereocenters. The quantitative estimate of drug-likeness (QED) is 0.830. The van der Waals surface area contributed by atoms with Crippen molar-refractivity contribution < 1.29 is 4.39 Å². The summed E-state index contributed by atoms with van der Waals surface area (Å²) in [6.45, 7) is 6.09. The topological polar surface area (TPSA) is 38.7 Å². The van der Waals surface area contributed by atoms with Gasteiger partial charge in [0.1, 0.15) is 23.8 Å². The smallest absolute Gasteiger partial charge is 0.134 e. The molecule has 0 aliphatic carbocycles. The third-order valence-electron chi connectivity index (χ3n) is 5.31. The molecule has 0 spiro atoms. The summed E-state index contributed by atoms with van der Waals surface area (Å²) in [5.74, 6) is 1.76. The molecule has 3 heterocycles. The average molecular weight is 356 g/mol. The number of hydrogen-bond acceptors (Lipinski definition) is 6. The Morgan fingerprint density at radius 2 is 1.65 bits per heavy atom. The summed E-state index contributed by atoms with van der Waals surface area (Å²) in [7, 11) is 3.98. The van der Waals surface area contributed by atoms with Crippen LogP contribution in [0.25, 0.3) is 0 Å². The first-order valence-electron chi connectivity index (χ1n) is 9.09. The minimum Gasteiger partial charge on any atom is -0.369 e. The van der Waals surface area contributed by atoms with Gasteiger partial charge in [0, 0.05) is 71.2 Å². The second-order valence-electron chi connectivity index (χ2n) is 7.19. The van der Waals surface area contributed by atoms with Crippen LogP contribution in [0.2, 0.25) is 0 Å². The first-order chi connectivity index (χ1) is 12.6. The van der Waals surface area contributed by atoms with Gasteiger partial charge < -0.3 is 14.7 Å². The highest BCUT2D eigenvalue weighted by atomic mass is 19.1. The maximum absolute atomic E-state index is 13.1. The molecular formula is C19H25FN6. The number of rotatable bonds is 4. The summed E-state index contributed by atoms with van der Waals surface area (Å²) in [5, 5.41) is 0. The Bertz CT molecular complexity index is 736. The molecule has 0 amide bonds. The summed E-state index contributed by atoms with van der Waals surface area (Å²) < 4.78 is 13.1. The van der Waals surface area contributed by atoms with Gasteiger partial charge in [0.2, 0.25) is 0 Å². The van der Waals surface area contributed by atoms with Crippen LogP contribution < -0.4 is 14.7 Å². The van der Waals surface area contributed by atoms with E-state index in [-0.39, 0.29) is 5.82 Å². The number of aromatic nitrogens is 2. The second kappa shape index (κ2) is 7.07. The summed E-state index contributed by atoms with van der Waals surface area (Å²) in [6, 6.07) is 9.44. The van der Waals surface area contributed by atoms with Crippen LogP contribution in [0.3, 0.4) is 0 Å². The standard InChI is InChI=1S/C19H25FN6/c1-23(2)18-11-19(22-14-21-18)26-12-17(13-26)25-9-7-24(8-10-25)16-5-3-15(20)4-6-16/h3-6,11,14,17H,7-10,12-13H2,1-2H3. The number of anilines is 3. The predicted molar refractivity (Wildman–Crippen MR) is 103 cm³/mol. The highest BCUT2D eigenvalue weighted by molar-refractivity contribution is 5.51. The van der Waals surface area contributed by atoms with Crippen molar-refractivity contribution in [1.29, 1.82) is 0 Å². The van der Waals surface area contributed by atoms with Gasteiger partial charge >= 0.3 is 0 Å². The summed E-state index contributed by atoms with van der Waals surface area (Å²) in [6.07, 6.45) is 1.64. The zero-order valence-electron chi connectivity index (χ0n) is 15.3. The molecule has 26 heavy (non-hydrogen) atoms.